The van der Waals surface area contributed by atoms with Gasteiger partial charge in [-0.05, 0) is 55.8 Å². The van der Waals surface area contributed by atoms with Crippen molar-refractivity contribution in [1.29, 1.82) is 0 Å². The molecule has 6 nitrogen and oxygen atoms in total. The van der Waals surface area contributed by atoms with E-state index in [1.807, 2.05) is 30.3 Å². The number of likely N-dealkylation sites (tertiary alicyclic amines) is 1. The van der Waals surface area contributed by atoms with Crippen LogP contribution in [0, 0.1) is 0 Å². The Morgan fingerprint density at radius 2 is 1.76 bits per heavy atom. The maximum absolute atomic E-state index is 12.4. The molecule has 2 aromatic rings. The summed E-state index contributed by atoms with van der Waals surface area (Å²) in [5.41, 5.74) is 1.15. The molecule has 0 aliphatic carbocycles. The quantitative estimate of drug-likeness (QED) is 0.701. The summed E-state index contributed by atoms with van der Waals surface area (Å²) in [6, 6.07) is 15.5. The first kappa shape index (κ1) is 21.0. The van der Waals surface area contributed by atoms with Crippen LogP contribution < -0.4 is 19.5 Å². The first-order chi connectivity index (χ1) is 14.2. The molecule has 0 saturated carbocycles. The maximum Gasteiger partial charge on any atom is 0.258 e. The van der Waals surface area contributed by atoms with Crippen LogP contribution in [0.5, 0.6) is 17.2 Å². The van der Waals surface area contributed by atoms with Gasteiger partial charge in [0.15, 0.2) is 18.1 Å². The molecule has 1 aliphatic rings. The van der Waals surface area contributed by atoms with Gasteiger partial charge in [0.05, 0.1) is 20.3 Å². The summed E-state index contributed by atoms with van der Waals surface area (Å²) < 4.78 is 16.3. The lowest BCUT2D eigenvalue weighted by atomic mass is 10.0. The molecule has 1 unspecified atom stereocenters. The Morgan fingerprint density at radius 1 is 1.00 bits per heavy atom. The van der Waals surface area contributed by atoms with Crippen molar-refractivity contribution in [1.82, 2.24) is 10.2 Å². The first-order valence-corrected chi connectivity index (χ1v) is 10.1. The molecule has 0 spiro atoms. The molecule has 29 heavy (non-hydrogen) atoms. The topological polar surface area (TPSA) is 60.0 Å². The lowest BCUT2D eigenvalue weighted by Gasteiger charge is -2.35. The van der Waals surface area contributed by atoms with E-state index < -0.39 is 0 Å². The maximum atomic E-state index is 12.4. The van der Waals surface area contributed by atoms with Gasteiger partial charge in [0.2, 0.25) is 0 Å². The number of ether oxygens (including phenoxy) is 3. The number of para-hydroxylation sites is 2. The van der Waals surface area contributed by atoms with Crippen molar-refractivity contribution in [2.45, 2.75) is 25.3 Å². The van der Waals surface area contributed by atoms with Gasteiger partial charge in [-0.3, -0.25) is 9.69 Å². The minimum absolute atomic E-state index is 0.0504. The molecular weight excluding hydrogens is 368 g/mol. The Balaban J connectivity index is 1.62. The van der Waals surface area contributed by atoms with E-state index in [9.17, 15) is 4.79 Å². The van der Waals surface area contributed by atoms with Gasteiger partial charge in [-0.1, -0.05) is 30.7 Å². The number of amides is 1. The largest absolute Gasteiger partial charge is 0.497 e. The fourth-order valence-electron chi connectivity index (χ4n) is 3.68. The van der Waals surface area contributed by atoms with Crippen molar-refractivity contribution in [3.05, 3.63) is 54.1 Å². The second-order valence-electron chi connectivity index (χ2n) is 7.13. The number of hydrogen-bond donors (Lipinski definition) is 1. The van der Waals surface area contributed by atoms with E-state index in [-0.39, 0.29) is 18.6 Å². The van der Waals surface area contributed by atoms with Crippen LogP contribution >= 0.6 is 0 Å². The van der Waals surface area contributed by atoms with E-state index in [4.69, 9.17) is 14.2 Å². The molecule has 1 saturated heterocycles. The van der Waals surface area contributed by atoms with Crippen LogP contribution in [0.3, 0.4) is 0 Å². The van der Waals surface area contributed by atoms with Crippen LogP contribution in [0.15, 0.2) is 48.5 Å². The highest BCUT2D eigenvalue weighted by Crippen LogP contribution is 2.27. The minimum Gasteiger partial charge on any atom is -0.497 e. The van der Waals surface area contributed by atoms with Crippen LogP contribution in [-0.2, 0) is 4.79 Å². The molecule has 6 heteroatoms. The van der Waals surface area contributed by atoms with Crippen LogP contribution in [0.1, 0.15) is 30.9 Å². The van der Waals surface area contributed by atoms with Gasteiger partial charge in [0.1, 0.15) is 5.75 Å². The summed E-state index contributed by atoms with van der Waals surface area (Å²) >= 11 is 0. The third kappa shape index (κ3) is 5.87. The monoisotopic (exact) mass is 398 g/mol. The number of nitrogens with zero attached hydrogens (tertiary/aromatic N) is 1. The number of piperidine rings is 1. The van der Waals surface area contributed by atoms with Crippen molar-refractivity contribution in [3.63, 3.8) is 0 Å². The molecule has 1 aliphatic heterocycles. The zero-order valence-electron chi connectivity index (χ0n) is 17.2. The van der Waals surface area contributed by atoms with E-state index in [1.165, 1.54) is 19.3 Å². The molecule has 1 N–H and O–H groups in total. The summed E-state index contributed by atoms with van der Waals surface area (Å²) in [7, 11) is 3.26. The molecule has 1 amide bonds. The third-order valence-corrected chi connectivity index (χ3v) is 5.23. The predicted molar refractivity (Wildman–Crippen MR) is 113 cm³/mol. The molecule has 156 valence electrons. The van der Waals surface area contributed by atoms with E-state index >= 15 is 0 Å². The number of hydrogen-bond acceptors (Lipinski definition) is 5. The molecule has 2 aromatic carbocycles. The molecule has 0 bridgehead atoms. The lowest BCUT2D eigenvalue weighted by molar-refractivity contribution is -0.123. The normalized spacial score (nSPS) is 15.4. The van der Waals surface area contributed by atoms with Gasteiger partial charge in [0.25, 0.3) is 5.91 Å². The number of nitrogens with one attached hydrogen (secondary N) is 1. The molecule has 0 aromatic heterocycles. The highest BCUT2D eigenvalue weighted by Gasteiger charge is 2.23. The Kier molecular flexibility index (Phi) is 7.76. The van der Waals surface area contributed by atoms with Crippen molar-refractivity contribution in [3.8, 4) is 17.2 Å². The van der Waals surface area contributed by atoms with Gasteiger partial charge in [-0.25, -0.2) is 0 Å². The van der Waals surface area contributed by atoms with Crippen LogP contribution in [0.2, 0.25) is 0 Å². The van der Waals surface area contributed by atoms with Crippen molar-refractivity contribution < 1.29 is 19.0 Å². The Morgan fingerprint density at radius 3 is 2.48 bits per heavy atom. The second kappa shape index (κ2) is 10.7. The first-order valence-electron chi connectivity index (χ1n) is 10.1. The third-order valence-electron chi connectivity index (χ3n) is 5.23. The number of carbonyl (C=O) groups is 1. The number of benzene rings is 2. The second-order valence-corrected chi connectivity index (χ2v) is 7.13. The Hall–Kier alpha value is -2.73. The van der Waals surface area contributed by atoms with Gasteiger partial charge in [0, 0.05) is 6.54 Å². The zero-order chi connectivity index (χ0) is 20.5. The number of methoxy groups -OCH3 is 2. The SMILES string of the molecule is COc1cccc(C(CNC(=O)COc2ccccc2OC)N2CCCCC2)c1. The van der Waals surface area contributed by atoms with Crippen LogP contribution in [0.4, 0.5) is 0 Å². The number of carbonyl (C=O) groups excluding carboxylic acids is 1. The molecular formula is C23H30N2O4. The molecule has 1 fully saturated rings. The van der Waals surface area contributed by atoms with E-state index in [0.29, 0.717) is 18.0 Å². The molecule has 0 radical (unpaired) electrons. The fraction of sp³-hybridized carbons (Fsp3) is 0.435. The lowest BCUT2D eigenvalue weighted by Crippen LogP contribution is -2.41. The average Bonchev–Trinajstić information content (AvgIpc) is 2.79. The van der Waals surface area contributed by atoms with Crippen molar-refractivity contribution in [2.75, 3.05) is 40.5 Å². The van der Waals surface area contributed by atoms with Gasteiger partial charge in [-0.15, -0.1) is 0 Å². The van der Waals surface area contributed by atoms with Gasteiger partial charge >= 0.3 is 0 Å². The summed E-state index contributed by atoms with van der Waals surface area (Å²) in [6.07, 6.45) is 3.64. The average molecular weight is 399 g/mol. The Bertz CT molecular complexity index is 790. The summed E-state index contributed by atoms with van der Waals surface area (Å²) in [6.45, 7) is 2.55. The molecule has 1 atom stereocenters. The highest BCUT2D eigenvalue weighted by atomic mass is 16.5. The fourth-order valence-corrected chi connectivity index (χ4v) is 3.68. The predicted octanol–water partition coefficient (Wildman–Crippen LogP) is 3.43. The standard InChI is InChI=1S/C23H30N2O4/c1-27-19-10-8-9-18(15-19)20(25-13-6-3-7-14-25)16-24-23(26)17-29-22-12-5-4-11-21(22)28-2/h4-5,8-12,15,20H,3,6-7,13-14,16-17H2,1-2H3,(H,24,26). The van der Waals surface area contributed by atoms with E-state index in [0.717, 1.165) is 24.4 Å². The zero-order valence-corrected chi connectivity index (χ0v) is 17.2. The van der Waals surface area contributed by atoms with Gasteiger partial charge < -0.3 is 19.5 Å². The Labute approximate surface area is 172 Å². The van der Waals surface area contributed by atoms with E-state index in [2.05, 4.69) is 22.3 Å². The molecule has 3 rings (SSSR count). The minimum atomic E-state index is -0.152. The number of rotatable bonds is 9. The highest BCUT2D eigenvalue weighted by molar-refractivity contribution is 5.77. The van der Waals surface area contributed by atoms with E-state index in [1.54, 1.807) is 20.3 Å². The summed E-state index contributed by atoms with van der Waals surface area (Å²) in [4.78, 5) is 14.9. The summed E-state index contributed by atoms with van der Waals surface area (Å²) in [5, 5.41) is 3.04. The van der Waals surface area contributed by atoms with Crippen molar-refractivity contribution in [2.24, 2.45) is 0 Å². The van der Waals surface area contributed by atoms with Gasteiger partial charge in [-0.2, -0.15) is 0 Å². The smallest absolute Gasteiger partial charge is 0.258 e. The van der Waals surface area contributed by atoms with Crippen molar-refractivity contribution >= 4 is 5.91 Å². The van der Waals surface area contributed by atoms with Crippen LogP contribution in [-0.4, -0.2) is 51.3 Å². The summed E-state index contributed by atoms with van der Waals surface area (Å²) in [5.74, 6) is 1.85. The van der Waals surface area contributed by atoms with Crippen LogP contribution in [0.25, 0.3) is 0 Å². The molecule has 1 heterocycles.